The van der Waals surface area contributed by atoms with Crippen LogP contribution in [0.15, 0.2) is 164 Å². The number of pyridine rings is 1. The summed E-state index contributed by atoms with van der Waals surface area (Å²) in [5.74, 6) is 3.08. The van der Waals surface area contributed by atoms with E-state index in [4.69, 9.17) is 9.72 Å². The zero-order valence-electron chi connectivity index (χ0n) is 49.3. The van der Waals surface area contributed by atoms with E-state index in [1.807, 2.05) is 24.4 Å². The molecule has 0 radical (unpaired) electrons. The predicted molar refractivity (Wildman–Crippen MR) is 325 cm³/mol. The number of imidazole rings is 1. The molecule has 0 fully saturated rings. The number of fused-ring (bicyclic) bond motifs is 3. The molecule has 0 aliphatic rings. The quantitative estimate of drug-likeness (QED) is 0.0852. The summed E-state index contributed by atoms with van der Waals surface area (Å²) < 4.78 is 13.5. The molecule has 0 spiro atoms. The second kappa shape index (κ2) is 21.7. The van der Waals surface area contributed by atoms with E-state index in [1.165, 1.54) is 50.1 Å². The third-order valence-corrected chi connectivity index (χ3v) is 16.2. The molecule has 0 saturated heterocycles. The third kappa shape index (κ3) is 11.1. The molecule has 0 bridgehead atoms. The van der Waals surface area contributed by atoms with Crippen LogP contribution in [0.25, 0.3) is 50.1 Å². The van der Waals surface area contributed by atoms with Crippen molar-refractivity contribution in [1.29, 1.82) is 0 Å². The molecule has 0 unspecified atom stereocenters. The molecule has 10 rings (SSSR count). The maximum atomic E-state index is 6.91. The Kier molecular flexibility index (Phi) is 15.6. The molecule has 408 valence electrons. The number of hydrogen-bond donors (Lipinski definition) is 0. The zero-order valence-corrected chi connectivity index (χ0v) is 51.6. The fourth-order valence-corrected chi connectivity index (χ4v) is 11.1. The normalized spacial score (nSPS) is 12.5. The van der Waals surface area contributed by atoms with Crippen LogP contribution in [0.3, 0.4) is 0 Å². The van der Waals surface area contributed by atoms with Crippen molar-refractivity contribution >= 4 is 21.8 Å². The van der Waals surface area contributed by atoms with Gasteiger partial charge in [-0.05, 0) is 126 Å². The molecule has 10 aromatic rings. The van der Waals surface area contributed by atoms with Gasteiger partial charge in [-0.3, -0.25) is 4.57 Å². The first-order valence-corrected chi connectivity index (χ1v) is 28.1. The van der Waals surface area contributed by atoms with Gasteiger partial charge in [0.1, 0.15) is 5.82 Å². The Balaban J connectivity index is 0.00000757. The number of aromatic nitrogens is 4. The number of rotatable bonds is 13. The van der Waals surface area contributed by atoms with Crippen molar-refractivity contribution in [3.8, 4) is 39.8 Å². The minimum atomic E-state index is -0.403. The van der Waals surface area contributed by atoms with Crippen molar-refractivity contribution in [3.63, 3.8) is 0 Å². The van der Waals surface area contributed by atoms with Gasteiger partial charge in [-0.2, -0.15) is 18.2 Å². The molecule has 0 amide bonds. The molecule has 0 aliphatic heterocycles. The van der Waals surface area contributed by atoms with E-state index >= 15 is 0 Å². The van der Waals surface area contributed by atoms with E-state index in [-0.39, 0.29) is 37.3 Å². The van der Waals surface area contributed by atoms with Crippen molar-refractivity contribution in [2.24, 2.45) is 0 Å². The average Bonchev–Trinajstić information content (AvgIpc) is 4.27. The molecule has 0 aliphatic carbocycles. The van der Waals surface area contributed by atoms with Crippen molar-refractivity contribution in [2.75, 3.05) is 0 Å². The van der Waals surface area contributed by atoms with Crippen LogP contribution in [0, 0.1) is 18.5 Å². The fourth-order valence-electron chi connectivity index (χ4n) is 11.1. The average molecular weight is 1220 g/mol. The van der Waals surface area contributed by atoms with E-state index in [0.29, 0.717) is 29.3 Å². The van der Waals surface area contributed by atoms with Crippen LogP contribution in [-0.4, -0.2) is 14.1 Å². The van der Waals surface area contributed by atoms with Gasteiger partial charge in [0, 0.05) is 61.3 Å². The van der Waals surface area contributed by atoms with Crippen LogP contribution in [0.4, 0.5) is 0 Å². The van der Waals surface area contributed by atoms with Crippen LogP contribution in [0.2, 0.25) is 0 Å². The minimum Gasteiger partial charge on any atom is -0.510 e. The molecule has 7 aromatic carbocycles. The number of nitrogens with zero attached hydrogens (tertiary/aromatic N) is 4. The molecule has 0 N–H and O–H groups in total. The van der Waals surface area contributed by atoms with Gasteiger partial charge in [0.05, 0.1) is 11.4 Å². The zero-order chi connectivity index (χ0) is 55.6. The molecule has 0 saturated carbocycles. The van der Waals surface area contributed by atoms with E-state index in [0.717, 1.165) is 50.3 Å². The van der Waals surface area contributed by atoms with Gasteiger partial charge in [0.2, 0.25) is 0 Å². The largest absolute Gasteiger partial charge is 0.510 e. The fraction of sp³-hybridized carbons (Fsp3) is 0.315. The Bertz CT molecular complexity index is 3760. The second-order valence-electron chi connectivity index (χ2n) is 25.7. The first kappa shape index (κ1) is 56.9. The van der Waals surface area contributed by atoms with Crippen LogP contribution in [0.1, 0.15) is 179 Å². The van der Waals surface area contributed by atoms with E-state index in [9.17, 15) is 0 Å². The molecular formula is C73H78N4OPt-2. The maximum Gasteiger partial charge on any atom is 0.267 e. The van der Waals surface area contributed by atoms with Gasteiger partial charge < -0.3 is 13.9 Å². The third-order valence-electron chi connectivity index (χ3n) is 16.2. The molecule has 3 aromatic heterocycles. The smallest absolute Gasteiger partial charge is 0.267 e. The van der Waals surface area contributed by atoms with Gasteiger partial charge in [-0.15, -0.1) is 29.7 Å². The van der Waals surface area contributed by atoms with Gasteiger partial charge in [0.15, 0.2) is 0 Å². The Morgan fingerprint density at radius 2 is 1.11 bits per heavy atom. The van der Waals surface area contributed by atoms with Crippen LogP contribution in [0.5, 0.6) is 11.5 Å². The molecular weight excluding hydrogens is 1140 g/mol. The number of benzene rings is 7. The van der Waals surface area contributed by atoms with Crippen molar-refractivity contribution in [3.05, 3.63) is 233 Å². The SMILES string of the molecule is CC(C)c1cc(C(C)C)c(-c2ccnc(-n3c4[c-]c(Oc5[c-]c(-n6[c-][n+](-c7cc(C(C)(C)C)cc(C(C)(C)C)c7)cc6C(C)(C)c6ccccc6)ccc5)ccc4c4cc(C(C)(C)c5ccccc5)ccc43)c2)c(C(C)C)c1.[Pt]. The number of hydrogen-bond acceptors (Lipinski definition) is 2. The van der Waals surface area contributed by atoms with Gasteiger partial charge in [0.25, 0.3) is 6.33 Å². The first-order chi connectivity index (χ1) is 36.9. The van der Waals surface area contributed by atoms with E-state index in [2.05, 4.69) is 283 Å². The Labute approximate surface area is 486 Å². The molecule has 6 heteroatoms. The standard InChI is InChI=1S/C73H78N4O.Pt/c1-47(2)51-36-62(48(3)4)69(63(37-51)49(5)6)50-34-35-74-68(38-50)77-65-33-30-54(72(13,14)52-24-19-17-20-25-52)42-64(65)61-32-31-60(44-66(61)77)78-59-29-23-28-57(43-59)76-46-75(45-67(76)73(15,16)53-26-21-18-22-27-53)58-40-55(70(7,8)9)39-56(41-58)71(10,11)12;/h17-42,45,47-49H,1-16H3;/q-2;. The summed E-state index contributed by atoms with van der Waals surface area (Å²) in [6, 6.07) is 62.6. The minimum absolute atomic E-state index is 0. The first-order valence-electron chi connectivity index (χ1n) is 28.1. The number of ether oxygens (including phenoxy) is 1. The summed E-state index contributed by atoms with van der Waals surface area (Å²) in [4.78, 5) is 5.17. The van der Waals surface area contributed by atoms with Gasteiger partial charge in [-0.1, -0.05) is 207 Å². The van der Waals surface area contributed by atoms with Gasteiger partial charge >= 0.3 is 0 Å². The molecule has 5 nitrogen and oxygen atoms in total. The van der Waals surface area contributed by atoms with Crippen molar-refractivity contribution in [1.82, 2.24) is 14.1 Å². The van der Waals surface area contributed by atoms with Crippen LogP contribution >= 0.6 is 0 Å². The topological polar surface area (TPSA) is 35.9 Å². The predicted octanol–water partition coefficient (Wildman–Crippen LogP) is 18.7. The summed E-state index contributed by atoms with van der Waals surface area (Å²) in [6.07, 6.45) is 8.02. The van der Waals surface area contributed by atoms with Crippen LogP contribution < -0.4 is 9.30 Å². The summed E-state index contributed by atoms with van der Waals surface area (Å²) in [5, 5.41) is 2.21. The molecule has 0 atom stereocenters. The van der Waals surface area contributed by atoms with Crippen molar-refractivity contribution < 1.29 is 30.4 Å². The Morgan fingerprint density at radius 3 is 1.70 bits per heavy atom. The van der Waals surface area contributed by atoms with E-state index in [1.54, 1.807) is 0 Å². The summed E-state index contributed by atoms with van der Waals surface area (Å²) in [6.45, 7) is 36.7. The Hall–Kier alpha value is -6.81. The second-order valence-corrected chi connectivity index (χ2v) is 25.7. The van der Waals surface area contributed by atoms with Crippen LogP contribution in [-0.2, 0) is 42.7 Å². The summed E-state index contributed by atoms with van der Waals surface area (Å²) >= 11 is 0. The molecule has 79 heavy (non-hydrogen) atoms. The Morgan fingerprint density at radius 1 is 0.519 bits per heavy atom. The maximum absolute atomic E-state index is 6.91. The summed E-state index contributed by atoms with van der Waals surface area (Å²) in [7, 11) is 0. The molecule has 3 heterocycles. The van der Waals surface area contributed by atoms with E-state index < -0.39 is 5.41 Å². The monoisotopic (exact) mass is 1220 g/mol. The van der Waals surface area contributed by atoms with Gasteiger partial charge in [-0.25, -0.2) is 4.98 Å². The van der Waals surface area contributed by atoms with Crippen molar-refractivity contribution in [2.45, 2.75) is 150 Å². The summed E-state index contributed by atoms with van der Waals surface area (Å²) in [5.41, 5.74) is 17.0.